The van der Waals surface area contributed by atoms with Gasteiger partial charge in [0.25, 0.3) is 5.69 Å². The molecule has 1 heterocycles. The van der Waals surface area contributed by atoms with E-state index in [9.17, 15) is 10.1 Å². The van der Waals surface area contributed by atoms with Gasteiger partial charge in [-0.3, -0.25) is 15.1 Å². The number of benzene rings is 2. The lowest BCUT2D eigenvalue weighted by Gasteiger charge is -2.20. The Morgan fingerprint density at radius 2 is 1.81 bits per heavy atom. The number of aromatic nitrogens is 1. The zero-order valence-electron chi connectivity index (χ0n) is 18.6. The van der Waals surface area contributed by atoms with Gasteiger partial charge in [0, 0.05) is 41.9 Å². The first-order valence-corrected chi connectivity index (χ1v) is 11.3. The second-order valence-electron chi connectivity index (χ2n) is 7.30. The number of hydrogen-bond acceptors (Lipinski definition) is 6. The van der Waals surface area contributed by atoms with Crippen LogP contribution in [-0.4, -0.2) is 35.4 Å². The van der Waals surface area contributed by atoms with Crippen molar-refractivity contribution in [3.63, 3.8) is 0 Å². The second kappa shape index (κ2) is 10.7. The van der Waals surface area contributed by atoms with Crippen molar-refractivity contribution in [1.82, 2.24) is 4.68 Å². The van der Waals surface area contributed by atoms with Crippen LogP contribution in [0.25, 0.3) is 11.3 Å². The van der Waals surface area contributed by atoms with E-state index in [0.717, 1.165) is 40.3 Å². The lowest BCUT2D eigenvalue weighted by atomic mass is 10.1. The van der Waals surface area contributed by atoms with Gasteiger partial charge in [0.1, 0.15) is 0 Å². The lowest BCUT2D eigenvalue weighted by Crippen LogP contribution is -2.21. The third-order valence-electron chi connectivity index (χ3n) is 4.89. The number of anilines is 1. The van der Waals surface area contributed by atoms with Crippen LogP contribution in [0.4, 0.5) is 11.4 Å². The first-order chi connectivity index (χ1) is 15.4. The summed E-state index contributed by atoms with van der Waals surface area (Å²) in [4.78, 5) is 18.2. The van der Waals surface area contributed by atoms with Crippen molar-refractivity contribution in [3.05, 3.63) is 86.5 Å². The largest absolute Gasteiger partial charge is 0.372 e. The number of nitro benzene ring substituents is 1. The molecule has 2 aromatic carbocycles. The van der Waals surface area contributed by atoms with Crippen LogP contribution in [0.1, 0.15) is 26.3 Å². The molecule has 3 aromatic rings. The monoisotopic (exact) mass is 449 g/mol. The zero-order valence-corrected chi connectivity index (χ0v) is 19.4. The molecule has 0 bridgehead atoms. The van der Waals surface area contributed by atoms with E-state index in [4.69, 9.17) is 5.10 Å². The van der Waals surface area contributed by atoms with Crippen molar-refractivity contribution >= 4 is 28.9 Å². The van der Waals surface area contributed by atoms with Gasteiger partial charge in [-0.1, -0.05) is 24.3 Å². The third kappa shape index (κ3) is 5.59. The lowest BCUT2D eigenvalue weighted by molar-refractivity contribution is -0.384. The minimum Gasteiger partial charge on any atom is -0.372 e. The summed E-state index contributed by atoms with van der Waals surface area (Å²) in [6.07, 6.45) is 1.80. The summed E-state index contributed by atoms with van der Waals surface area (Å²) in [5.41, 5.74) is 4.82. The Kier molecular flexibility index (Phi) is 7.72. The molecule has 0 radical (unpaired) electrons. The quantitative estimate of drug-likeness (QED) is 0.192. The van der Waals surface area contributed by atoms with E-state index in [1.165, 1.54) is 29.2 Å². The molecule has 0 unspecified atom stereocenters. The van der Waals surface area contributed by atoms with E-state index >= 15 is 0 Å². The average Bonchev–Trinajstić information content (AvgIpc) is 3.20. The molecule has 32 heavy (non-hydrogen) atoms. The molecule has 0 fully saturated rings. The molecule has 0 aliphatic heterocycles. The maximum atomic E-state index is 11.0. The Labute approximate surface area is 191 Å². The van der Waals surface area contributed by atoms with Gasteiger partial charge in [0.05, 0.1) is 23.4 Å². The van der Waals surface area contributed by atoms with Crippen LogP contribution in [0.2, 0.25) is 0 Å². The van der Waals surface area contributed by atoms with E-state index in [1.54, 1.807) is 23.0 Å². The molecule has 0 spiro atoms. The molecule has 3 rings (SSSR count). The van der Waals surface area contributed by atoms with E-state index < -0.39 is 4.92 Å². The smallest absolute Gasteiger partial charge is 0.269 e. The Morgan fingerprint density at radius 1 is 1.16 bits per heavy atom. The van der Waals surface area contributed by atoms with Crippen molar-refractivity contribution in [1.29, 1.82) is 0 Å². The highest BCUT2D eigenvalue weighted by molar-refractivity contribution is 7.07. The molecule has 166 valence electrons. The van der Waals surface area contributed by atoms with Crippen LogP contribution in [0.3, 0.4) is 0 Å². The van der Waals surface area contributed by atoms with Crippen molar-refractivity contribution in [2.75, 3.05) is 24.5 Å². The fraction of sp³-hybridized carbons (Fsp3) is 0.250. The Bertz CT molecular complexity index is 1170. The number of thiazole rings is 1. The predicted molar refractivity (Wildman–Crippen MR) is 133 cm³/mol. The van der Waals surface area contributed by atoms with Crippen molar-refractivity contribution in [2.45, 2.75) is 20.8 Å². The van der Waals surface area contributed by atoms with E-state index in [-0.39, 0.29) is 5.69 Å². The maximum Gasteiger partial charge on any atom is 0.269 e. The first kappa shape index (κ1) is 23.1. The van der Waals surface area contributed by atoms with E-state index in [0.29, 0.717) is 6.54 Å². The summed E-state index contributed by atoms with van der Waals surface area (Å²) in [5.74, 6) is 0. The number of hydrogen-bond donors (Lipinski definition) is 0. The number of nitrogens with zero attached hydrogens (tertiary/aromatic N) is 5. The summed E-state index contributed by atoms with van der Waals surface area (Å²) in [6, 6.07) is 14.7. The van der Waals surface area contributed by atoms with Gasteiger partial charge in [0.15, 0.2) is 0 Å². The summed E-state index contributed by atoms with van der Waals surface area (Å²) in [6.45, 7) is 12.6. The van der Waals surface area contributed by atoms with Crippen LogP contribution < -0.4 is 9.70 Å². The number of rotatable bonds is 9. The highest BCUT2D eigenvalue weighted by Gasteiger charge is 2.10. The van der Waals surface area contributed by atoms with E-state index in [2.05, 4.69) is 42.5 Å². The van der Waals surface area contributed by atoms with Crippen LogP contribution in [0.5, 0.6) is 0 Å². The van der Waals surface area contributed by atoms with Gasteiger partial charge >= 0.3 is 0 Å². The average molecular weight is 450 g/mol. The third-order valence-corrected chi connectivity index (χ3v) is 5.74. The van der Waals surface area contributed by atoms with Crippen LogP contribution in [0, 0.1) is 10.1 Å². The number of nitro groups is 1. The van der Waals surface area contributed by atoms with Crippen molar-refractivity contribution < 1.29 is 4.92 Å². The molecule has 0 N–H and O–H groups in total. The molecule has 0 amide bonds. The minimum atomic E-state index is -0.404. The van der Waals surface area contributed by atoms with Gasteiger partial charge in [-0.2, -0.15) is 5.10 Å². The van der Waals surface area contributed by atoms with Crippen LogP contribution in [0.15, 0.2) is 76.2 Å². The Balaban J connectivity index is 1.97. The Hall–Kier alpha value is -3.52. The summed E-state index contributed by atoms with van der Waals surface area (Å²) in [5, 5.41) is 17.6. The van der Waals surface area contributed by atoms with Gasteiger partial charge < -0.3 is 4.90 Å². The molecule has 8 heteroatoms. The molecular weight excluding hydrogens is 422 g/mol. The SMILES string of the molecule is C=C(C)CN=c1scc(-c2ccc([N+](=O)[O-])cc2)n1/N=C/c1ccc(N(CC)CC)cc1. The summed E-state index contributed by atoms with van der Waals surface area (Å²) < 4.78 is 1.77. The first-order valence-electron chi connectivity index (χ1n) is 10.4. The van der Waals surface area contributed by atoms with Gasteiger partial charge in [-0.05, 0) is 50.6 Å². The predicted octanol–water partition coefficient (Wildman–Crippen LogP) is 5.33. The maximum absolute atomic E-state index is 11.0. The molecule has 7 nitrogen and oxygen atoms in total. The topological polar surface area (TPSA) is 76.0 Å². The summed E-state index contributed by atoms with van der Waals surface area (Å²) >= 11 is 1.47. The molecular formula is C24H27N5O2S. The van der Waals surface area contributed by atoms with Crippen LogP contribution >= 0.6 is 11.3 Å². The molecule has 1 aromatic heterocycles. The highest BCUT2D eigenvalue weighted by atomic mass is 32.1. The number of non-ortho nitro benzene ring substituents is 1. The molecule has 0 saturated heterocycles. The van der Waals surface area contributed by atoms with Crippen LogP contribution in [-0.2, 0) is 0 Å². The van der Waals surface area contributed by atoms with Gasteiger partial charge in [0.2, 0.25) is 4.80 Å². The zero-order chi connectivity index (χ0) is 23.1. The standard InChI is InChI=1S/C24H27N5O2S/c1-5-27(6-2)21-11-7-19(8-12-21)16-26-28-23(17-32-24(28)25-15-18(3)4)20-9-13-22(14-10-20)29(30)31/h7-14,16-17H,3,5-6,15H2,1-2,4H3/b25-24?,26-16+. The Morgan fingerprint density at radius 3 is 2.38 bits per heavy atom. The molecule has 0 aliphatic carbocycles. The summed E-state index contributed by atoms with van der Waals surface area (Å²) in [7, 11) is 0. The minimum absolute atomic E-state index is 0.0551. The second-order valence-corrected chi connectivity index (χ2v) is 8.14. The molecule has 0 atom stereocenters. The highest BCUT2D eigenvalue weighted by Crippen LogP contribution is 2.23. The normalized spacial score (nSPS) is 11.8. The molecule has 0 aliphatic rings. The van der Waals surface area contributed by atoms with Gasteiger partial charge in [-0.25, -0.2) is 4.68 Å². The van der Waals surface area contributed by atoms with Gasteiger partial charge in [-0.15, -0.1) is 11.3 Å². The van der Waals surface area contributed by atoms with E-state index in [1.807, 2.05) is 24.4 Å². The van der Waals surface area contributed by atoms with Crippen molar-refractivity contribution in [2.24, 2.45) is 10.1 Å². The molecule has 0 saturated carbocycles. The fourth-order valence-electron chi connectivity index (χ4n) is 3.16. The van der Waals surface area contributed by atoms with Crippen molar-refractivity contribution in [3.8, 4) is 11.3 Å². The fourth-order valence-corrected chi connectivity index (χ4v) is 4.00.